The van der Waals surface area contributed by atoms with Crippen LogP contribution in [-0.2, 0) is 25.6 Å². The maximum Gasteiger partial charge on any atom is 0.277 e. The lowest BCUT2D eigenvalue weighted by Gasteiger charge is -2.06. The van der Waals surface area contributed by atoms with E-state index in [1.807, 2.05) is 50.1 Å². The quantitative estimate of drug-likeness (QED) is 0.788. The third kappa shape index (κ3) is 1.93. The number of rotatable bonds is 2. The van der Waals surface area contributed by atoms with Crippen LogP contribution in [0.4, 0.5) is 5.82 Å². The molecular weight excluding hydrogens is 298 g/mol. The molecule has 22 heavy (non-hydrogen) atoms. The van der Waals surface area contributed by atoms with E-state index < -0.39 is 0 Å². The topological polar surface area (TPSA) is 64.7 Å². The number of anilines is 1. The average Bonchev–Trinajstić information content (AvgIpc) is 3.16. The van der Waals surface area contributed by atoms with Gasteiger partial charge in [-0.25, -0.2) is 0 Å². The van der Waals surface area contributed by atoms with Gasteiger partial charge in [0.2, 0.25) is 0 Å². The van der Waals surface area contributed by atoms with Gasteiger partial charge in [-0.15, -0.1) is 0 Å². The largest absolute Gasteiger partial charge is 0.305 e. The number of aromatic nitrogens is 4. The molecule has 0 aliphatic carbocycles. The van der Waals surface area contributed by atoms with Crippen LogP contribution >= 0.6 is 11.8 Å². The van der Waals surface area contributed by atoms with Crippen molar-refractivity contribution in [3.8, 4) is 0 Å². The summed E-state index contributed by atoms with van der Waals surface area (Å²) in [6.07, 6.45) is 0. The van der Waals surface area contributed by atoms with Gasteiger partial charge in [0.05, 0.1) is 11.2 Å². The normalized spacial score (nSPS) is 13.5. The predicted octanol–water partition coefficient (Wildman–Crippen LogP) is 2.31. The molecule has 0 spiro atoms. The second-order valence-electron chi connectivity index (χ2n) is 5.33. The first-order valence-electron chi connectivity index (χ1n) is 7.00. The monoisotopic (exact) mass is 313 g/mol. The Kier molecular flexibility index (Phi) is 2.97. The van der Waals surface area contributed by atoms with Crippen LogP contribution in [0.1, 0.15) is 21.7 Å². The molecule has 2 aromatic heterocycles. The van der Waals surface area contributed by atoms with E-state index >= 15 is 0 Å². The van der Waals surface area contributed by atoms with Gasteiger partial charge in [0.25, 0.3) is 5.91 Å². The Morgan fingerprint density at radius 2 is 2.00 bits per heavy atom. The third-order valence-corrected chi connectivity index (χ3v) is 4.89. The summed E-state index contributed by atoms with van der Waals surface area (Å²) in [5.41, 5.74) is 3.58. The predicted molar refractivity (Wildman–Crippen MR) is 86.9 cm³/mol. The van der Waals surface area contributed by atoms with E-state index in [4.69, 9.17) is 0 Å². The van der Waals surface area contributed by atoms with Gasteiger partial charge in [-0.2, -0.15) is 22.0 Å². The minimum Gasteiger partial charge on any atom is -0.305 e. The number of nitrogens with zero attached hydrogens (tertiary/aromatic N) is 4. The van der Waals surface area contributed by atoms with Gasteiger partial charge >= 0.3 is 0 Å². The van der Waals surface area contributed by atoms with Gasteiger partial charge in [0.15, 0.2) is 5.69 Å². The second kappa shape index (κ2) is 4.88. The highest BCUT2D eigenvalue weighted by Gasteiger charge is 2.24. The molecule has 4 rings (SSSR count). The van der Waals surface area contributed by atoms with Crippen molar-refractivity contribution >= 4 is 34.4 Å². The molecule has 0 unspecified atom stereocenters. The van der Waals surface area contributed by atoms with Crippen LogP contribution in [0, 0.1) is 0 Å². The van der Waals surface area contributed by atoms with Crippen molar-refractivity contribution in [3.63, 3.8) is 0 Å². The lowest BCUT2D eigenvalue weighted by atomic mass is 10.2. The summed E-state index contributed by atoms with van der Waals surface area (Å²) < 4.78 is 3.47. The number of carbonyl (C=O) groups is 1. The Labute approximate surface area is 131 Å². The molecule has 0 atom stereocenters. The first-order chi connectivity index (χ1) is 10.6. The number of hydrogen-bond acceptors (Lipinski definition) is 4. The lowest BCUT2D eigenvalue weighted by Crippen LogP contribution is -2.16. The molecule has 0 fully saturated rings. The van der Waals surface area contributed by atoms with Crippen LogP contribution in [0.5, 0.6) is 0 Å². The Hall–Kier alpha value is -2.28. The van der Waals surface area contributed by atoms with Crippen molar-refractivity contribution in [2.75, 3.05) is 5.32 Å². The van der Waals surface area contributed by atoms with Crippen molar-refractivity contribution in [1.29, 1.82) is 0 Å². The summed E-state index contributed by atoms with van der Waals surface area (Å²) in [4.78, 5) is 12.7. The highest BCUT2D eigenvalue weighted by molar-refractivity contribution is 7.98. The van der Waals surface area contributed by atoms with Gasteiger partial charge in [0, 0.05) is 36.6 Å². The smallest absolute Gasteiger partial charge is 0.277 e. The maximum absolute atomic E-state index is 12.7. The number of thioether (sulfide) groups is 1. The minimum absolute atomic E-state index is 0.195. The van der Waals surface area contributed by atoms with Gasteiger partial charge in [-0.3, -0.25) is 14.2 Å². The maximum atomic E-state index is 12.7. The van der Waals surface area contributed by atoms with Crippen molar-refractivity contribution < 1.29 is 4.79 Å². The Bertz CT molecular complexity index is 895. The zero-order valence-electron chi connectivity index (χ0n) is 12.3. The number of hydrogen-bond donors (Lipinski definition) is 1. The number of carbonyl (C=O) groups excluding carboxylic acids is 1. The fraction of sp³-hybridized carbons (Fsp3) is 0.267. The molecule has 6 nitrogen and oxygen atoms in total. The number of nitrogens with one attached hydrogen (secondary N) is 1. The van der Waals surface area contributed by atoms with Gasteiger partial charge in [0.1, 0.15) is 5.82 Å². The summed E-state index contributed by atoms with van der Waals surface area (Å²) in [5, 5.41) is 12.7. The number of aryl methyl sites for hydroxylation is 2. The molecule has 1 aromatic carbocycles. The fourth-order valence-electron chi connectivity index (χ4n) is 2.85. The molecule has 0 saturated carbocycles. The Balaban J connectivity index is 1.73. The van der Waals surface area contributed by atoms with Crippen LogP contribution in [0.25, 0.3) is 10.9 Å². The van der Waals surface area contributed by atoms with Crippen LogP contribution in [0.3, 0.4) is 0 Å². The summed E-state index contributed by atoms with van der Waals surface area (Å²) in [5.74, 6) is 2.38. The molecule has 3 heterocycles. The van der Waals surface area contributed by atoms with E-state index in [1.54, 1.807) is 9.36 Å². The molecule has 3 aromatic rings. The summed E-state index contributed by atoms with van der Waals surface area (Å²) in [6, 6.07) is 7.73. The highest BCUT2D eigenvalue weighted by Crippen LogP contribution is 2.34. The fourth-order valence-corrected chi connectivity index (χ4v) is 3.88. The van der Waals surface area contributed by atoms with Crippen LogP contribution in [0.2, 0.25) is 0 Å². The highest BCUT2D eigenvalue weighted by atomic mass is 32.2. The van der Waals surface area contributed by atoms with E-state index in [1.165, 1.54) is 0 Å². The average molecular weight is 313 g/mol. The summed E-state index contributed by atoms with van der Waals surface area (Å²) >= 11 is 1.82. The summed E-state index contributed by atoms with van der Waals surface area (Å²) in [6.45, 7) is 0. The first kappa shape index (κ1) is 13.4. The molecule has 7 heteroatoms. The van der Waals surface area contributed by atoms with Gasteiger partial charge in [-0.1, -0.05) is 18.2 Å². The number of amides is 1. The molecule has 0 bridgehead atoms. The number of fused-ring (bicyclic) bond motifs is 2. The van der Waals surface area contributed by atoms with E-state index in [2.05, 4.69) is 15.5 Å². The molecule has 0 saturated heterocycles. The molecule has 1 amide bonds. The van der Waals surface area contributed by atoms with E-state index in [-0.39, 0.29) is 5.91 Å². The zero-order valence-corrected chi connectivity index (χ0v) is 13.1. The van der Waals surface area contributed by atoms with E-state index in [0.29, 0.717) is 5.69 Å². The molecular formula is C15H15N5OS. The van der Waals surface area contributed by atoms with Crippen molar-refractivity contribution in [2.45, 2.75) is 11.5 Å². The van der Waals surface area contributed by atoms with Crippen LogP contribution in [-0.4, -0.2) is 25.5 Å². The lowest BCUT2D eigenvalue weighted by molar-refractivity contribution is 0.102. The molecule has 1 aliphatic rings. The van der Waals surface area contributed by atoms with Crippen LogP contribution < -0.4 is 5.32 Å². The van der Waals surface area contributed by atoms with Gasteiger partial charge in [-0.05, 0) is 6.07 Å². The number of benzene rings is 1. The van der Waals surface area contributed by atoms with Crippen molar-refractivity contribution in [3.05, 3.63) is 41.2 Å². The van der Waals surface area contributed by atoms with Crippen LogP contribution in [0.15, 0.2) is 24.3 Å². The Morgan fingerprint density at radius 1 is 1.18 bits per heavy atom. The van der Waals surface area contributed by atoms with E-state index in [0.717, 1.165) is 39.5 Å². The van der Waals surface area contributed by atoms with Crippen molar-refractivity contribution in [2.24, 2.45) is 14.1 Å². The summed E-state index contributed by atoms with van der Waals surface area (Å²) in [7, 11) is 3.70. The Morgan fingerprint density at radius 3 is 2.86 bits per heavy atom. The first-order valence-corrected chi connectivity index (χ1v) is 8.16. The molecule has 1 N–H and O–H groups in total. The minimum atomic E-state index is -0.195. The molecule has 1 aliphatic heterocycles. The molecule has 0 radical (unpaired) electrons. The number of para-hydroxylation sites is 1. The molecule has 112 valence electrons. The second-order valence-corrected chi connectivity index (χ2v) is 6.32. The SMILES string of the molecule is Cn1nc2c(c1NC(=O)c1nn(C)c3ccccc13)CSC2. The van der Waals surface area contributed by atoms with E-state index in [9.17, 15) is 4.79 Å². The zero-order chi connectivity index (χ0) is 15.3. The van der Waals surface area contributed by atoms with Gasteiger partial charge < -0.3 is 5.32 Å². The third-order valence-electron chi connectivity index (χ3n) is 3.92. The van der Waals surface area contributed by atoms with Crippen molar-refractivity contribution in [1.82, 2.24) is 19.6 Å². The standard InChI is InChI=1S/C15H15N5OS/c1-19-12-6-4-3-5-9(12)13(18-19)15(21)16-14-10-7-22-8-11(10)17-20(14)2/h3-6H,7-8H2,1-2H3,(H,16,21).